The molecule has 0 saturated carbocycles. The lowest BCUT2D eigenvalue weighted by Gasteiger charge is -2.10. The summed E-state index contributed by atoms with van der Waals surface area (Å²) in [6.45, 7) is 1.60. The number of methoxy groups -OCH3 is 1. The molecule has 2 amide bonds. The standard InChI is InChI=1S/C25H22BrN3O5/c1-16-6-3-4-9-20(16)24(31)27-15-23(30)29-28-14-17-10-11-21(22(12-17)33-2)34-25(32)18-7-5-8-19(26)13-18/h3-14H,15H2,1-2H3,(H,27,31)(H,29,30)/b28-14-. The Morgan fingerprint density at radius 3 is 2.53 bits per heavy atom. The van der Waals surface area contributed by atoms with Crippen LogP contribution in [0.2, 0.25) is 0 Å². The maximum Gasteiger partial charge on any atom is 0.343 e. The second kappa shape index (κ2) is 11.8. The molecule has 34 heavy (non-hydrogen) atoms. The maximum atomic E-state index is 12.4. The highest BCUT2D eigenvalue weighted by atomic mass is 79.9. The van der Waals surface area contributed by atoms with Gasteiger partial charge in [0.2, 0.25) is 0 Å². The number of nitrogens with one attached hydrogen (secondary N) is 2. The van der Waals surface area contributed by atoms with E-state index in [0.717, 1.165) is 10.0 Å². The van der Waals surface area contributed by atoms with Crippen molar-refractivity contribution in [3.05, 3.63) is 93.5 Å². The quantitative estimate of drug-likeness (QED) is 0.202. The Balaban J connectivity index is 1.55. The van der Waals surface area contributed by atoms with Gasteiger partial charge in [-0.1, -0.05) is 40.2 Å². The molecule has 3 aromatic carbocycles. The molecule has 0 aromatic heterocycles. The van der Waals surface area contributed by atoms with Crippen molar-refractivity contribution in [3.8, 4) is 11.5 Å². The molecule has 0 saturated heterocycles. The zero-order valence-corrected chi connectivity index (χ0v) is 20.1. The lowest BCUT2D eigenvalue weighted by molar-refractivity contribution is -0.120. The van der Waals surface area contributed by atoms with Crippen molar-refractivity contribution in [2.24, 2.45) is 5.10 Å². The normalized spacial score (nSPS) is 10.6. The number of halogens is 1. The SMILES string of the molecule is COc1cc(/C=N\NC(=O)CNC(=O)c2ccccc2C)ccc1OC(=O)c1cccc(Br)c1. The van der Waals surface area contributed by atoms with E-state index in [9.17, 15) is 14.4 Å². The number of benzene rings is 3. The van der Waals surface area contributed by atoms with Crippen LogP contribution in [0.1, 0.15) is 31.8 Å². The molecule has 3 aromatic rings. The molecule has 0 atom stereocenters. The summed E-state index contributed by atoms with van der Waals surface area (Å²) in [7, 11) is 1.45. The Bertz CT molecular complexity index is 1240. The number of nitrogens with zero attached hydrogens (tertiary/aromatic N) is 1. The predicted octanol–water partition coefficient (Wildman–Crippen LogP) is 3.87. The smallest absolute Gasteiger partial charge is 0.343 e. The van der Waals surface area contributed by atoms with Gasteiger partial charge < -0.3 is 14.8 Å². The lowest BCUT2D eigenvalue weighted by Crippen LogP contribution is -2.35. The largest absolute Gasteiger partial charge is 0.493 e. The molecular weight excluding hydrogens is 502 g/mol. The number of aryl methyl sites for hydroxylation is 1. The van der Waals surface area contributed by atoms with Gasteiger partial charge in [-0.3, -0.25) is 9.59 Å². The van der Waals surface area contributed by atoms with Crippen molar-refractivity contribution in [1.29, 1.82) is 0 Å². The van der Waals surface area contributed by atoms with E-state index >= 15 is 0 Å². The number of carbonyl (C=O) groups excluding carboxylic acids is 3. The highest BCUT2D eigenvalue weighted by Crippen LogP contribution is 2.28. The van der Waals surface area contributed by atoms with Crippen LogP contribution < -0.4 is 20.2 Å². The summed E-state index contributed by atoms with van der Waals surface area (Å²) in [5.74, 6) is -0.780. The summed E-state index contributed by atoms with van der Waals surface area (Å²) < 4.78 is 11.5. The molecule has 0 aliphatic heterocycles. The third-order valence-electron chi connectivity index (χ3n) is 4.65. The monoisotopic (exact) mass is 523 g/mol. The molecule has 0 spiro atoms. The Morgan fingerprint density at radius 2 is 1.79 bits per heavy atom. The molecule has 0 bridgehead atoms. The van der Waals surface area contributed by atoms with E-state index in [0.29, 0.717) is 22.4 Å². The van der Waals surface area contributed by atoms with Gasteiger partial charge in [0, 0.05) is 10.0 Å². The fraction of sp³-hybridized carbons (Fsp3) is 0.120. The van der Waals surface area contributed by atoms with E-state index in [-0.39, 0.29) is 18.2 Å². The van der Waals surface area contributed by atoms with Gasteiger partial charge in [0.1, 0.15) is 0 Å². The summed E-state index contributed by atoms with van der Waals surface area (Å²) in [6.07, 6.45) is 1.41. The summed E-state index contributed by atoms with van der Waals surface area (Å²) in [6, 6.07) is 18.8. The highest BCUT2D eigenvalue weighted by Gasteiger charge is 2.13. The second-order valence-electron chi connectivity index (χ2n) is 7.10. The first-order valence-electron chi connectivity index (χ1n) is 10.2. The first-order valence-corrected chi connectivity index (χ1v) is 11.0. The van der Waals surface area contributed by atoms with E-state index in [1.54, 1.807) is 48.5 Å². The van der Waals surface area contributed by atoms with Gasteiger partial charge in [0.05, 0.1) is 25.4 Å². The molecule has 0 aliphatic rings. The molecule has 174 valence electrons. The van der Waals surface area contributed by atoms with Gasteiger partial charge in [-0.2, -0.15) is 5.10 Å². The summed E-state index contributed by atoms with van der Waals surface area (Å²) >= 11 is 3.32. The number of amides is 2. The van der Waals surface area contributed by atoms with E-state index in [1.807, 2.05) is 25.1 Å². The molecule has 3 rings (SSSR count). The van der Waals surface area contributed by atoms with Crippen molar-refractivity contribution in [1.82, 2.24) is 10.7 Å². The average molecular weight is 524 g/mol. The van der Waals surface area contributed by atoms with Crippen LogP contribution in [0.3, 0.4) is 0 Å². The molecular formula is C25H22BrN3O5. The number of carbonyl (C=O) groups is 3. The topological polar surface area (TPSA) is 106 Å². The summed E-state index contributed by atoms with van der Waals surface area (Å²) in [5.41, 5.74) is 4.66. The van der Waals surface area contributed by atoms with Gasteiger partial charge in [-0.25, -0.2) is 10.2 Å². The van der Waals surface area contributed by atoms with Gasteiger partial charge in [0.15, 0.2) is 11.5 Å². The highest BCUT2D eigenvalue weighted by molar-refractivity contribution is 9.10. The lowest BCUT2D eigenvalue weighted by atomic mass is 10.1. The summed E-state index contributed by atoms with van der Waals surface area (Å²) in [4.78, 5) is 36.5. The van der Waals surface area contributed by atoms with E-state index in [2.05, 4.69) is 31.8 Å². The van der Waals surface area contributed by atoms with E-state index in [1.165, 1.54) is 13.3 Å². The van der Waals surface area contributed by atoms with Crippen LogP contribution in [0.4, 0.5) is 0 Å². The van der Waals surface area contributed by atoms with Crippen molar-refractivity contribution < 1.29 is 23.9 Å². The van der Waals surface area contributed by atoms with Crippen LogP contribution in [0.5, 0.6) is 11.5 Å². The van der Waals surface area contributed by atoms with Crippen LogP contribution in [0, 0.1) is 6.92 Å². The fourth-order valence-electron chi connectivity index (χ4n) is 2.92. The third-order valence-corrected chi connectivity index (χ3v) is 5.15. The number of hydrogen-bond acceptors (Lipinski definition) is 6. The number of rotatable bonds is 8. The number of esters is 1. The van der Waals surface area contributed by atoms with Crippen LogP contribution >= 0.6 is 15.9 Å². The first kappa shape index (κ1) is 24.7. The Morgan fingerprint density at radius 1 is 1.00 bits per heavy atom. The maximum absolute atomic E-state index is 12.4. The number of hydrogen-bond donors (Lipinski definition) is 2. The second-order valence-corrected chi connectivity index (χ2v) is 8.02. The fourth-order valence-corrected chi connectivity index (χ4v) is 3.32. The van der Waals surface area contributed by atoms with Crippen LogP contribution in [-0.4, -0.2) is 37.7 Å². The minimum Gasteiger partial charge on any atom is -0.493 e. The van der Waals surface area contributed by atoms with Crippen molar-refractivity contribution in [3.63, 3.8) is 0 Å². The van der Waals surface area contributed by atoms with Crippen LogP contribution in [-0.2, 0) is 4.79 Å². The molecule has 0 radical (unpaired) electrons. The number of ether oxygens (including phenoxy) is 2. The molecule has 0 fully saturated rings. The van der Waals surface area contributed by atoms with Crippen molar-refractivity contribution >= 4 is 39.9 Å². The molecule has 0 heterocycles. The van der Waals surface area contributed by atoms with Crippen molar-refractivity contribution in [2.75, 3.05) is 13.7 Å². The van der Waals surface area contributed by atoms with Gasteiger partial charge >= 0.3 is 5.97 Å². The van der Waals surface area contributed by atoms with Crippen molar-refractivity contribution in [2.45, 2.75) is 6.92 Å². The average Bonchev–Trinajstić information content (AvgIpc) is 2.83. The van der Waals surface area contributed by atoms with E-state index in [4.69, 9.17) is 9.47 Å². The van der Waals surface area contributed by atoms with Crippen LogP contribution in [0.15, 0.2) is 76.3 Å². The first-order chi connectivity index (χ1) is 16.4. The Hall–Kier alpha value is -3.98. The number of hydrazone groups is 1. The summed E-state index contributed by atoms with van der Waals surface area (Å²) in [5, 5.41) is 6.44. The minimum atomic E-state index is -0.527. The zero-order valence-electron chi connectivity index (χ0n) is 18.5. The van der Waals surface area contributed by atoms with Crippen LogP contribution in [0.25, 0.3) is 0 Å². The molecule has 2 N–H and O–H groups in total. The molecule has 9 heteroatoms. The van der Waals surface area contributed by atoms with Gasteiger partial charge in [-0.05, 0) is 60.5 Å². The van der Waals surface area contributed by atoms with Gasteiger partial charge in [-0.15, -0.1) is 0 Å². The third kappa shape index (κ3) is 6.76. The minimum absolute atomic E-state index is 0.224. The molecule has 0 aliphatic carbocycles. The molecule has 8 nitrogen and oxygen atoms in total. The molecule has 0 unspecified atom stereocenters. The van der Waals surface area contributed by atoms with Gasteiger partial charge in [0.25, 0.3) is 11.8 Å². The zero-order chi connectivity index (χ0) is 24.5. The Labute approximate surface area is 205 Å². The predicted molar refractivity (Wildman–Crippen MR) is 131 cm³/mol. The Kier molecular flexibility index (Phi) is 8.53. The van der Waals surface area contributed by atoms with E-state index < -0.39 is 11.9 Å².